The van der Waals surface area contributed by atoms with Gasteiger partial charge in [0.25, 0.3) is 0 Å². The lowest BCUT2D eigenvalue weighted by Crippen LogP contribution is -2.01. The summed E-state index contributed by atoms with van der Waals surface area (Å²) in [6, 6.07) is 56.3. The Morgan fingerprint density at radius 1 is 0.308 bits per heavy atom. The third kappa shape index (κ3) is 4.46. The van der Waals surface area contributed by atoms with Crippen molar-refractivity contribution in [3.05, 3.63) is 164 Å². The molecule has 0 bridgehead atoms. The summed E-state index contributed by atoms with van der Waals surface area (Å²) in [6.45, 7) is 0. The van der Waals surface area contributed by atoms with Crippen LogP contribution in [0.4, 0.5) is 0 Å². The molecule has 0 spiro atoms. The van der Waals surface area contributed by atoms with Crippen LogP contribution in [0.5, 0.6) is 0 Å². The Bertz CT molecular complexity index is 3190. The van der Waals surface area contributed by atoms with Gasteiger partial charge in [0.15, 0.2) is 17.5 Å². The van der Waals surface area contributed by atoms with Gasteiger partial charge in [-0.15, -0.1) is 0 Å². The van der Waals surface area contributed by atoms with E-state index in [0.29, 0.717) is 17.5 Å². The summed E-state index contributed by atoms with van der Waals surface area (Å²) in [6.07, 6.45) is 0. The third-order valence-electron chi connectivity index (χ3n) is 10.1. The zero-order chi connectivity index (χ0) is 34.2. The largest absolute Gasteiger partial charge is 0.456 e. The number of para-hydroxylation sites is 2. The molecule has 5 heteroatoms. The van der Waals surface area contributed by atoms with E-state index in [-0.39, 0.29) is 0 Å². The van der Waals surface area contributed by atoms with Gasteiger partial charge in [-0.05, 0) is 63.0 Å². The molecular formula is C47H27N3O2. The molecule has 0 atom stereocenters. The lowest BCUT2D eigenvalue weighted by molar-refractivity contribution is 0.669. The van der Waals surface area contributed by atoms with Crippen LogP contribution < -0.4 is 0 Å². The van der Waals surface area contributed by atoms with E-state index in [1.807, 2.05) is 42.5 Å². The van der Waals surface area contributed by atoms with Crippen molar-refractivity contribution in [2.45, 2.75) is 0 Å². The van der Waals surface area contributed by atoms with Crippen LogP contribution in [0.3, 0.4) is 0 Å². The number of nitrogens with zero attached hydrogens (tertiary/aromatic N) is 3. The zero-order valence-corrected chi connectivity index (χ0v) is 27.7. The van der Waals surface area contributed by atoms with Crippen molar-refractivity contribution in [2.24, 2.45) is 0 Å². The fraction of sp³-hybridized carbons (Fsp3) is 0. The Hall–Kier alpha value is -7.11. The number of benzene rings is 8. The fourth-order valence-electron chi connectivity index (χ4n) is 7.66. The second-order valence-corrected chi connectivity index (χ2v) is 13.2. The quantitative estimate of drug-likeness (QED) is 0.187. The molecule has 0 aliphatic rings. The van der Waals surface area contributed by atoms with Gasteiger partial charge in [-0.25, -0.2) is 15.0 Å². The maximum absolute atomic E-state index is 6.45. The Kier molecular flexibility index (Phi) is 6.18. The second-order valence-electron chi connectivity index (χ2n) is 13.2. The molecule has 0 N–H and O–H groups in total. The summed E-state index contributed by atoms with van der Waals surface area (Å²) >= 11 is 0. The number of rotatable bonds is 4. The Balaban J connectivity index is 1.15. The van der Waals surface area contributed by atoms with E-state index in [1.54, 1.807) is 0 Å². The van der Waals surface area contributed by atoms with Gasteiger partial charge in [0, 0.05) is 38.2 Å². The summed E-state index contributed by atoms with van der Waals surface area (Å²) in [5.74, 6) is 1.73. The van der Waals surface area contributed by atoms with Gasteiger partial charge in [0.2, 0.25) is 0 Å². The highest BCUT2D eigenvalue weighted by Crippen LogP contribution is 2.41. The van der Waals surface area contributed by atoms with E-state index < -0.39 is 0 Å². The molecule has 0 aliphatic heterocycles. The number of aromatic nitrogens is 3. The Morgan fingerprint density at radius 3 is 1.65 bits per heavy atom. The SMILES string of the molecule is c1ccc2cc(-c3ccc(-c4nc(-c5cc6oc7ccccc7c6c6ccccc56)nc(-c5cccc6oc7ccccc7c56)n4)cc3)ccc2c1. The maximum atomic E-state index is 6.45. The smallest absolute Gasteiger partial charge is 0.164 e. The number of hydrogen-bond acceptors (Lipinski definition) is 5. The van der Waals surface area contributed by atoms with Gasteiger partial charge < -0.3 is 8.83 Å². The first-order chi connectivity index (χ1) is 25.7. The van der Waals surface area contributed by atoms with Crippen LogP contribution >= 0.6 is 0 Å². The van der Waals surface area contributed by atoms with E-state index in [1.165, 1.54) is 10.8 Å². The van der Waals surface area contributed by atoms with Crippen LogP contribution in [0, 0.1) is 0 Å². The molecule has 8 aromatic carbocycles. The van der Waals surface area contributed by atoms with E-state index in [2.05, 4.69) is 121 Å². The maximum Gasteiger partial charge on any atom is 0.164 e. The molecule has 0 unspecified atom stereocenters. The fourth-order valence-corrected chi connectivity index (χ4v) is 7.66. The topological polar surface area (TPSA) is 65.0 Å². The predicted octanol–water partition coefficient (Wildman–Crippen LogP) is 12.6. The van der Waals surface area contributed by atoms with Crippen molar-refractivity contribution in [1.82, 2.24) is 15.0 Å². The highest BCUT2D eigenvalue weighted by atomic mass is 16.3. The lowest BCUT2D eigenvalue weighted by Gasteiger charge is -2.12. The van der Waals surface area contributed by atoms with Crippen LogP contribution in [0.2, 0.25) is 0 Å². The van der Waals surface area contributed by atoms with Crippen LogP contribution in [0.1, 0.15) is 0 Å². The average Bonchev–Trinajstić information content (AvgIpc) is 3.79. The second kappa shape index (κ2) is 11.2. The lowest BCUT2D eigenvalue weighted by atomic mass is 9.98. The summed E-state index contributed by atoms with van der Waals surface area (Å²) in [5.41, 5.74) is 8.20. The molecule has 0 saturated carbocycles. The average molecular weight is 666 g/mol. The van der Waals surface area contributed by atoms with Gasteiger partial charge in [0.1, 0.15) is 22.3 Å². The first kappa shape index (κ1) is 28.7. The van der Waals surface area contributed by atoms with Gasteiger partial charge in [-0.1, -0.05) is 133 Å². The van der Waals surface area contributed by atoms with Crippen LogP contribution in [-0.4, -0.2) is 15.0 Å². The number of hydrogen-bond donors (Lipinski definition) is 0. The third-order valence-corrected chi connectivity index (χ3v) is 10.1. The summed E-state index contributed by atoms with van der Waals surface area (Å²) in [5, 5.41) is 8.74. The minimum Gasteiger partial charge on any atom is -0.456 e. The van der Waals surface area contributed by atoms with Gasteiger partial charge in [-0.3, -0.25) is 0 Å². The molecule has 0 saturated heterocycles. The molecule has 11 rings (SSSR count). The highest BCUT2D eigenvalue weighted by molar-refractivity contribution is 6.22. The van der Waals surface area contributed by atoms with Crippen molar-refractivity contribution in [3.8, 4) is 45.3 Å². The first-order valence-electron chi connectivity index (χ1n) is 17.3. The molecule has 0 amide bonds. The summed E-state index contributed by atoms with van der Waals surface area (Å²) < 4.78 is 12.7. The van der Waals surface area contributed by atoms with Crippen molar-refractivity contribution in [3.63, 3.8) is 0 Å². The predicted molar refractivity (Wildman–Crippen MR) is 211 cm³/mol. The summed E-state index contributed by atoms with van der Waals surface area (Å²) in [7, 11) is 0. The molecule has 0 aliphatic carbocycles. The Labute approximate surface area is 297 Å². The van der Waals surface area contributed by atoms with Crippen molar-refractivity contribution in [2.75, 3.05) is 0 Å². The molecule has 0 fully saturated rings. The van der Waals surface area contributed by atoms with Crippen molar-refractivity contribution >= 4 is 65.4 Å². The van der Waals surface area contributed by atoms with Gasteiger partial charge >= 0.3 is 0 Å². The van der Waals surface area contributed by atoms with Crippen LogP contribution in [0.25, 0.3) is 111 Å². The van der Waals surface area contributed by atoms with Crippen LogP contribution in [0.15, 0.2) is 173 Å². The van der Waals surface area contributed by atoms with Gasteiger partial charge in [-0.2, -0.15) is 0 Å². The highest BCUT2D eigenvalue weighted by Gasteiger charge is 2.21. The molecule has 52 heavy (non-hydrogen) atoms. The standard InChI is InChI=1S/C47H27N3O2/c1-2-11-31-26-32(25-22-28(31)10-1)29-20-23-30(24-21-29)45-48-46(37-16-9-19-41-44(37)36-15-6-7-17-39(36)51-41)50-47(49-45)38-27-42-43(34-13-4-3-12-33(34)38)35-14-5-8-18-40(35)52-42/h1-27H. The summed E-state index contributed by atoms with van der Waals surface area (Å²) in [4.78, 5) is 15.6. The van der Waals surface area contributed by atoms with Crippen LogP contribution in [-0.2, 0) is 0 Å². The van der Waals surface area contributed by atoms with E-state index >= 15 is 0 Å². The molecule has 3 heterocycles. The zero-order valence-electron chi connectivity index (χ0n) is 27.7. The van der Waals surface area contributed by atoms with E-state index in [4.69, 9.17) is 23.8 Å². The number of furan rings is 2. The first-order valence-corrected chi connectivity index (χ1v) is 17.3. The molecule has 242 valence electrons. The molecule has 5 nitrogen and oxygen atoms in total. The van der Waals surface area contributed by atoms with E-state index in [9.17, 15) is 0 Å². The van der Waals surface area contributed by atoms with E-state index in [0.717, 1.165) is 82.5 Å². The molecule has 3 aromatic heterocycles. The molecular weight excluding hydrogens is 639 g/mol. The minimum absolute atomic E-state index is 0.571. The molecule has 0 radical (unpaired) electrons. The van der Waals surface area contributed by atoms with Crippen molar-refractivity contribution in [1.29, 1.82) is 0 Å². The normalized spacial score (nSPS) is 11.8. The number of fused-ring (bicyclic) bond motifs is 9. The molecule has 11 aromatic rings. The van der Waals surface area contributed by atoms with Crippen molar-refractivity contribution < 1.29 is 8.83 Å². The monoisotopic (exact) mass is 665 g/mol. The van der Waals surface area contributed by atoms with Gasteiger partial charge in [0.05, 0.1) is 0 Å². The minimum atomic E-state index is 0.571. The Morgan fingerprint density at radius 2 is 0.865 bits per heavy atom.